The molecule has 2 N–H and O–H groups in total. The largest absolute Gasteiger partial charge is 0.489 e. The first-order valence-corrected chi connectivity index (χ1v) is 9.53. The van der Waals surface area contributed by atoms with Crippen molar-refractivity contribution in [3.63, 3.8) is 0 Å². The first kappa shape index (κ1) is 20.1. The normalized spacial score (nSPS) is 10.4. The summed E-state index contributed by atoms with van der Waals surface area (Å²) in [7, 11) is 0. The van der Waals surface area contributed by atoms with Gasteiger partial charge in [-0.15, -0.1) is 0 Å². The standard InChI is InChI=1S/C22H20Cl2N2O2/c1-15-12-17(23)6-11-21(15)26-22(27)13-25-18-7-9-19(10-8-18)28-14-16-4-2-3-5-20(16)24/h2-12,25H,13-14H2,1H3,(H,26,27). The molecule has 3 aromatic rings. The monoisotopic (exact) mass is 414 g/mol. The summed E-state index contributed by atoms with van der Waals surface area (Å²) in [5.74, 6) is 0.594. The average molecular weight is 415 g/mol. The molecule has 3 aromatic carbocycles. The van der Waals surface area contributed by atoms with Crippen LogP contribution >= 0.6 is 23.2 Å². The fraction of sp³-hybridized carbons (Fsp3) is 0.136. The van der Waals surface area contributed by atoms with Crippen LogP contribution in [0.15, 0.2) is 66.7 Å². The van der Waals surface area contributed by atoms with E-state index in [1.807, 2.05) is 61.5 Å². The molecule has 0 aliphatic carbocycles. The Labute approximate surface area is 174 Å². The van der Waals surface area contributed by atoms with Crippen molar-refractivity contribution in [3.8, 4) is 5.75 Å². The zero-order valence-corrected chi connectivity index (χ0v) is 16.8. The molecule has 0 radical (unpaired) electrons. The summed E-state index contributed by atoms with van der Waals surface area (Å²) in [6.45, 7) is 2.45. The molecule has 0 saturated heterocycles. The highest BCUT2D eigenvalue weighted by Gasteiger charge is 2.06. The molecule has 0 heterocycles. The zero-order chi connectivity index (χ0) is 19.9. The Balaban J connectivity index is 1.48. The number of aryl methyl sites for hydroxylation is 1. The Morgan fingerprint density at radius 2 is 1.75 bits per heavy atom. The van der Waals surface area contributed by atoms with E-state index in [0.29, 0.717) is 16.7 Å². The van der Waals surface area contributed by atoms with Crippen LogP contribution in [0.25, 0.3) is 0 Å². The van der Waals surface area contributed by atoms with Crippen molar-refractivity contribution in [2.45, 2.75) is 13.5 Å². The van der Waals surface area contributed by atoms with Crippen molar-refractivity contribution in [1.82, 2.24) is 0 Å². The maximum absolute atomic E-state index is 12.1. The Kier molecular flexibility index (Phi) is 6.80. The summed E-state index contributed by atoms with van der Waals surface area (Å²) in [5, 5.41) is 7.28. The molecular weight excluding hydrogens is 395 g/mol. The smallest absolute Gasteiger partial charge is 0.243 e. The molecule has 0 saturated carbocycles. The quantitative estimate of drug-likeness (QED) is 0.503. The lowest BCUT2D eigenvalue weighted by Crippen LogP contribution is -2.22. The Morgan fingerprint density at radius 3 is 2.46 bits per heavy atom. The van der Waals surface area contributed by atoms with E-state index in [1.165, 1.54) is 0 Å². The topological polar surface area (TPSA) is 50.4 Å². The van der Waals surface area contributed by atoms with Crippen LogP contribution in [0.4, 0.5) is 11.4 Å². The number of amides is 1. The molecule has 144 valence electrons. The molecule has 0 aliphatic rings. The maximum atomic E-state index is 12.1. The van der Waals surface area contributed by atoms with E-state index >= 15 is 0 Å². The van der Waals surface area contributed by atoms with Crippen molar-refractivity contribution in [1.29, 1.82) is 0 Å². The molecule has 0 fully saturated rings. The predicted octanol–water partition coefficient (Wildman–Crippen LogP) is 5.93. The molecule has 3 rings (SSSR count). The van der Waals surface area contributed by atoms with Crippen LogP contribution in [0, 0.1) is 6.92 Å². The van der Waals surface area contributed by atoms with E-state index in [1.54, 1.807) is 12.1 Å². The van der Waals surface area contributed by atoms with Crippen molar-refractivity contribution in [2.24, 2.45) is 0 Å². The van der Waals surface area contributed by atoms with Gasteiger partial charge in [-0.25, -0.2) is 0 Å². The van der Waals surface area contributed by atoms with Crippen molar-refractivity contribution in [3.05, 3.63) is 87.9 Å². The third-order valence-electron chi connectivity index (χ3n) is 4.12. The van der Waals surface area contributed by atoms with Crippen molar-refractivity contribution >= 4 is 40.5 Å². The number of hydrogen-bond donors (Lipinski definition) is 2. The lowest BCUT2D eigenvalue weighted by Gasteiger charge is -2.11. The van der Waals surface area contributed by atoms with Gasteiger partial charge in [-0.3, -0.25) is 4.79 Å². The third kappa shape index (κ3) is 5.65. The zero-order valence-electron chi connectivity index (χ0n) is 15.3. The molecule has 0 aromatic heterocycles. The Bertz CT molecular complexity index is 959. The van der Waals surface area contributed by atoms with E-state index < -0.39 is 0 Å². The SMILES string of the molecule is Cc1cc(Cl)ccc1NC(=O)CNc1ccc(OCc2ccccc2Cl)cc1. The van der Waals surface area contributed by atoms with Gasteiger partial charge in [-0.05, 0) is 61.0 Å². The Morgan fingerprint density at radius 1 is 1.00 bits per heavy atom. The number of carbonyl (C=O) groups excluding carboxylic acids is 1. The summed E-state index contributed by atoms with van der Waals surface area (Å²) < 4.78 is 5.75. The van der Waals surface area contributed by atoms with Crippen LogP contribution in [0.1, 0.15) is 11.1 Å². The number of anilines is 2. The number of nitrogens with one attached hydrogen (secondary N) is 2. The molecular formula is C22H20Cl2N2O2. The Hall–Kier alpha value is -2.69. The van der Waals surface area contributed by atoms with Gasteiger partial charge in [0.05, 0.1) is 6.54 Å². The average Bonchev–Trinajstić information content (AvgIpc) is 2.69. The van der Waals surface area contributed by atoms with Gasteiger partial charge in [-0.2, -0.15) is 0 Å². The first-order valence-electron chi connectivity index (χ1n) is 8.77. The molecule has 28 heavy (non-hydrogen) atoms. The van der Waals surface area contributed by atoms with E-state index in [9.17, 15) is 4.79 Å². The first-order chi connectivity index (χ1) is 13.5. The molecule has 0 spiro atoms. The van der Waals surface area contributed by atoms with E-state index in [0.717, 1.165) is 28.3 Å². The molecule has 0 atom stereocenters. The molecule has 6 heteroatoms. The number of hydrogen-bond acceptors (Lipinski definition) is 3. The van der Waals surface area contributed by atoms with Crippen LogP contribution in [0.2, 0.25) is 10.0 Å². The van der Waals surface area contributed by atoms with Gasteiger partial charge in [0, 0.05) is 27.0 Å². The second-order valence-corrected chi connectivity index (χ2v) is 7.11. The highest BCUT2D eigenvalue weighted by Crippen LogP contribution is 2.21. The van der Waals surface area contributed by atoms with E-state index in [-0.39, 0.29) is 12.5 Å². The second-order valence-electron chi connectivity index (χ2n) is 6.27. The van der Waals surface area contributed by atoms with Crippen LogP contribution in [0.5, 0.6) is 5.75 Å². The number of ether oxygens (including phenoxy) is 1. The van der Waals surface area contributed by atoms with E-state index in [4.69, 9.17) is 27.9 Å². The summed E-state index contributed by atoms with van der Waals surface area (Å²) in [6.07, 6.45) is 0. The highest BCUT2D eigenvalue weighted by molar-refractivity contribution is 6.31. The fourth-order valence-electron chi connectivity index (χ4n) is 2.59. The predicted molar refractivity (Wildman–Crippen MR) is 116 cm³/mol. The molecule has 0 bridgehead atoms. The van der Waals surface area contributed by atoms with Crippen molar-refractivity contribution in [2.75, 3.05) is 17.2 Å². The van der Waals surface area contributed by atoms with Gasteiger partial charge in [0.1, 0.15) is 12.4 Å². The third-order valence-corrected chi connectivity index (χ3v) is 4.73. The lowest BCUT2D eigenvalue weighted by atomic mass is 10.2. The van der Waals surface area contributed by atoms with E-state index in [2.05, 4.69) is 10.6 Å². The van der Waals surface area contributed by atoms with Gasteiger partial charge in [0.15, 0.2) is 0 Å². The minimum atomic E-state index is -0.135. The lowest BCUT2D eigenvalue weighted by molar-refractivity contribution is -0.114. The number of carbonyl (C=O) groups is 1. The van der Waals surface area contributed by atoms with Gasteiger partial charge in [0.2, 0.25) is 5.91 Å². The second kappa shape index (κ2) is 9.49. The molecule has 0 unspecified atom stereocenters. The van der Waals surface area contributed by atoms with Crippen molar-refractivity contribution < 1.29 is 9.53 Å². The van der Waals surface area contributed by atoms with Crippen LogP contribution in [-0.4, -0.2) is 12.5 Å². The van der Waals surface area contributed by atoms with Crippen LogP contribution in [-0.2, 0) is 11.4 Å². The number of rotatable bonds is 7. The summed E-state index contributed by atoms with van der Waals surface area (Å²) in [6, 6.07) is 20.4. The van der Waals surface area contributed by atoms with Gasteiger partial charge < -0.3 is 15.4 Å². The minimum absolute atomic E-state index is 0.135. The minimum Gasteiger partial charge on any atom is -0.489 e. The van der Waals surface area contributed by atoms with Crippen LogP contribution in [0.3, 0.4) is 0 Å². The number of benzene rings is 3. The highest BCUT2D eigenvalue weighted by atomic mass is 35.5. The number of halogens is 2. The molecule has 0 aliphatic heterocycles. The summed E-state index contributed by atoms with van der Waals surface area (Å²) in [5.41, 5.74) is 3.42. The molecule has 1 amide bonds. The van der Waals surface area contributed by atoms with Gasteiger partial charge >= 0.3 is 0 Å². The summed E-state index contributed by atoms with van der Waals surface area (Å²) in [4.78, 5) is 12.1. The summed E-state index contributed by atoms with van der Waals surface area (Å²) >= 11 is 12.1. The maximum Gasteiger partial charge on any atom is 0.243 e. The van der Waals surface area contributed by atoms with Crippen LogP contribution < -0.4 is 15.4 Å². The van der Waals surface area contributed by atoms with Gasteiger partial charge in [0.25, 0.3) is 0 Å². The molecule has 4 nitrogen and oxygen atoms in total. The fourth-order valence-corrected chi connectivity index (χ4v) is 3.01. The van der Waals surface area contributed by atoms with Gasteiger partial charge in [-0.1, -0.05) is 41.4 Å².